The smallest absolute Gasteiger partial charge is 0.0533 e. The average Bonchev–Trinajstić information content (AvgIpc) is 3.59. The molecule has 4 aliphatic carbocycles. The van der Waals surface area contributed by atoms with Crippen LogP contribution in [0.25, 0.3) is 55.1 Å². The van der Waals surface area contributed by atoms with Crippen molar-refractivity contribution < 1.29 is 0 Å². The number of hydrogen-bond acceptors (Lipinski definition) is 3. The molecule has 2 heterocycles. The SMILES string of the molecule is C1=CCCC(c2ccc(N(c3ccc(-c4ccccc4)cc3)c3ccc(-c4cccc5c6c(sc45)CCC=C6)c(-c4cccc5c4SC46C=CC=CC4C56)c3)cc2)=C1. The van der Waals surface area contributed by atoms with E-state index in [9.17, 15) is 0 Å². The summed E-state index contributed by atoms with van der Waals surface area (Å²) in [4.78, 5) is 5.41. The van der Waals surface area contributed by atoms with Gasteiger partial charge in [-0.2, -0.15) is 0 Å². The largest absolute Gasteiger partial charge is 0.310 e. The summed E-state index contributed by atoms with van der Waals surface area (Å²) < 4.78 is 1.55. The molecule has 3 unspecified atom stereocenters. The summed E-state index contributed by atoms with van der Waals surface area (Å²) in [6.45, 7) is 0. The lowest BCUT2D eigenvalue weighted by Crippen LogP contribution is -2.10. The molecule has 12 rings (SSSR count). The molecule has 278 valence electrons. The topological polar surface area (TPSA) is 3.24 Å². The molecular formula is C55H41NS2. The number of rotatable bonds is 7. The monoisotopic (exact) mass is 779 g/mol. The molecule has 0 amide bonds. The first-order valence-electron chi connectivity index (χ1n) is 20.7. The normalized spacial score (nSPS) is 20.7. The van der Waals surface area contributed by atoms with E-state index in [2.05, 4.69) is 205 Å². The molecular weight excluding hydrogens is 739 g/mol. The lowest BCUT2D eigenvalue weighted by Gasteiger charge is -2.28. The second-order valence-electron chi connectivity index (χ2n) is 16.2. The Kier molecular flexibility index (Phi) is 8.03. The highest BCUT2D eigenvalue weighted by molar-refractivity contribution is 8.01. The Morgan fingerprint density at radius 3 is 2.17 bits per heavy atom. The molecule has 1 saturated carbocycles. The standard InChI is InChI=1S/C55H41NS2/c1-3-13-36(14-4-1)38-24-28-40(29-25-38)56(41-30-26-39(27-31-41)37-15-5-2-6-16-37)42-32-33-43(45-18-11-19-46-44-17-7-8-23-51(44)57-53(45)46)49(35-42)47-20-12-21-48-52-50-22-9-10-34-55(50,52)58-54(47)48/h1-5,7,9-15,17-22,24-35,50,52H,6,8,16,23H2. The highest BCUT2D eigenvalue weighted by Crippen LogP contribution is 2.76. The molecule has 3 atom stereocenters. The quantitative estimate of drug-likeness (QED) is 0.159. The van der Waals surface area contributed by atoms with Crippen molar-refractivity contribution in [2.45, 2.75) is 41.2 Å². The zero-order chi connectivity index (χ0) is 38.2. The third-order valence-corrected chi connectivity index (χ3v) is 15.9. The summed E-state index contributed by atoms with van der Waals surface area (Å²) in [5.41, 5.74) is 16.8. The van der Waals surface area contributed by atoms with Gasteiger partial charge in [0.05, 0.1) is 4.75 Å². The second kappa shape index (κ2) is 13.6. The maximum Gasteiger partial charge on any atom is 0.0533 e. The summed E-state index contributed by atoms with van der Waals surface area (Å²) in [5, 5.41) is 1.38. The van der Waals surface area contributed by atoms with E-state index in [4.69, 9.17) is 0 Å². The predicted octanol–water partition coefficient (Wildman–Crippen LogP) is 15.7. The Labute approximate surface area is 349 Å². The Morgan fingerprint density at radius 1 is 0.586 bits per heavy atom. The van der Waals surface area contributed by atoms with Crippen LogP contribution in [0.3, 0.4) is 0 Å². The van der Waals surface area contributed by atoms with Crippen LogP contribution in [0.4, 0.5) is 17.1 Å². The van der Waals surface area contributed by atoms with Crippen LogP contribution in [0.15, 0.2) is 187 Å². The predicted molar refractivity (Wildman–Crippen MR) is 250 cm³/mol. The van der Waals surface area contributed by atoms with Crippen molar-refractivity contribution in [3.63, 3.8) is 0 Å². The van der Waals surface area contributed by atoms with Gasteiger partial charge in [-0.1, -0.05) is 152 Å². The summed E-state index contributed by atoms with van der Waals surface area (Å²) in [6, 6.07) is 50.3. The Bertz CT molecular complexity index is 2920. The van der Waals surface area contributed by atoms with Gasteiger partial charge in [-0.25, -0.2) is 0 Å². The van der Waals surface area contributed by atoms with Crippen molar-refractivity contribution in [1.29, 1.82) is 0 Å². The van der Waals surface area contributed by atoms with Crippen LogP contribution >= 0.6 is 23.1 Å². The van der Waals surface area contributed by atoms with Crippen LogP contribution < -0.4 is 4.90 Å². The third-order valence-electron chi connectivity index (χ3n) is 12.9. The molecule has 0 N–H and O–H groups in total. The van der Waals surface area contributed by atoms with E-state index in [1.54, 1.807) is 0 Å². The van der Waals surface area contributed by atoms with Crippen LogP contribution in [0.2, 0.25) is 0 Å². The number of anilines is 3. The number of thiophene rings is 1. The van der Waals surface area contributed by atoms with E-state index >= 15 is 0 Å². The fourth-order valence-electron chi connectivity index (χ4n) is 10.0. The molecule has 1 aromatic heterocycles. The Balaban J connectivity index is 1.05. The van der Waals surface area contributed by atoms with Gasteiger partial charge in [-0.15, -0.1) is 23.1 Å². The molecule has 1 spiro atoms. The Hall–Kier alpha value is -5.87. The fourth-order valence-corrected chi connectivity index (χ4v) is 13.2. The number of allylic oxidation sites excluding steroid dienone is 8. The molecule has 1 aliphatic heterocycles. The molecule has 1 nitrogen and oxygen atoms in total. The Morgan fingerprint density at radius 2 is 1.34 bits per heavy atom. The number of nitrogens with zero attached hydrogens (tertiary/aromatic N) is 1. The maximum absolute atomic E-state index is 2.49. The molecule has 5 aliphatic rings. The van der Waals surface area contributed by atoms with E-state index in [1.807, 2.05) is 11.3 Å². The van der Waals surface area contributed by atoms with Crippen molar-refractivity contribution in [3.8, 4) is 33.4 Å². The third kappa shape index (κ3) is 5.44. The molecule has 7 aromatic rings. The number of benzene rings is 6. The minimum atomic E-state index is 0.155. The van der Waals surface area contributed by atoms with E-state index in [-0.39, 0.29) is 4.75 Å². The highest BCUT2D eigenvalue weighted by atomic mass is 32.2. The van der Waals surface area contributed by atoms with E-state index in [0.29, 0.717) is 11.8 Å². The minimum absolute atomic E-state index is 0.155. The number of hydrogen-bond donors (Lipinski definition) is 0. The van der Waals surface area contributed by atoms with E-state index in [0.717, 1.165) is 42.7 Å². The van der Waals surface area contributed by atoms with Crippen LogP contribution in [-0.2, 0) is 6.42 Å². The lowest BCUT2D eigenvalue weighted by atomic mass is 9.90. The van der Waals surface area contributed by atoms with Gasteiger partial charge in [0.2, 0.25) is 0 Å². The van der Waals surface area contributed by atoms with Gasteiger partial charge in [0.15, 0.2) is 0 Å². The molecule has 6 aromatic carbocycles. The van der Waals surface area contributed by atoms with Crippen molar-refractivity contribution in [3.05, 3.63) is 204 Å². The van der Waals surface area contributed by atoms with E-state index < -0.39 is 0 Å². The van der Waals surface area contributed by atoms with Crippen molar-refractivity contribution in [1.82, 2.24) is 0 Å². The molecule has 0 bridgehead atoms. The van der Waals surface area contributed by atoms with Gasteiger partial charge in [0.25, 0.3) is 0 Å². The number of fused-ring (bicyclic) bond motifs is 6. The van der Waals surface area contributed by atoms with Gasteiger partial charge in [-0.3, -0.25) is 0 Å². The van der Waals surface area contributed by atoms with E-state index in [1.165, 1.54) is 75.5 Å². The molecule has 0 radical (unpaired) electrons. The van der Waals surface area contributed by atoms with Crippen LogP contribution in [0, 0.1) is 5.92 Å². The maximum atomic E-state index is 2.49. The van der Waals surface area contributed by atoms with Gasteiger partial charge < -0.3 is 4.90 Å². The fraction of sp³-hybridized carbons (Fsp3) is 0.127. The van der Waals surface area contributed by atoms with Crippen molar-refractivity contribution in [2.75, 3.05) is 4.90 Å². The first kappa shape index (κ1) is 34.2. The van der Waals surface area contributed by atoms with Gasteiger partial charge in [0.1, 0.15) is 0 Å². The van der Waals surface area contributed by atoms with Crippen molar-refractivity contribution >= 4 is 61.9 Å². The lowest BCUT2D eigenvalue weighted by molar-refractivity contribution is 0.976. The molecule has 58 heavy (non-hydrogen) atoms. The zero-order valence-corrected chi connectivity index (χ0v) is 33.8. The first-order chi connectivity index (χ1) is 28.7. The second-order valence-corrected chi connectivity index (χ2v) is 18.6. The molecule has 0 saturated heterocycles. The van der Waals surface area contributed by atoms with Crippen LogP contribution in [0.1, 0.15) is 46.7 Å². The number of thioether (sulfide) groups is 1. The summed E-state index contributed by atoms with van der Waals surface area (Å²) >= 11 is 4.10. The molecule has 3 heteroatoms. The zero-order valence-electron chi connectivity index (χ0n) is 32.1. The number of aryl methyl sites for hydroxylation is 1. The van der Waals surface area contributed by atoms with Gasteiger partial charge in [-0.05, 0) is 112 Å². The van der Waals surface area contributed by atoms with Crippen LogP contribution in [0.5, 0.6) is 0 Å². The highest BCUT2D eigenvalue weighted by Gasteiger charge is 2.68. The van der Waals surface area contributed by atoms with Gasteiger partial charge >= 0.3 is 0 Å². The van der Waals surface area contributed by atoms with Crippen LogP contribution in [-0.4, -0.2) is 4.75 Å². The summed E-state index contributed by atoms with van der Waals surface area (Å²) in [6.07, 6.45) is 25.3. The van der Waals surface area contributed by atoms with Gasteiger partial charge in [0, 0.05) is 54.3 Å². The average molecular weight is 780 g/mol. The minimum Gasteiger partial charge on any atom is -0.310 e. The van der Waals surface area contributed by atoms with Crippen molar-refractivity contribution in [2.24, 2.45) is 5.92 Å². The summed E-state index contributed by atoms with van der Waals surface area (Å²) in [5.74, 6) is 1.13. The first-order valence-corrected chi connectivity index (χ1v) is 22.3. The molecule has 1 fully saturated rings. The summed E-state index contributed by atoms with van der Waals surface area (Å²) in [7, 11) is 0.